The van der Waals surface area contributed by atoms with Crippen molar-refractivity contribution in [2.24, 2.45) is 0 Å². The lowest BCUT2D eigenvalue weighted by Crippen LogP contribution is -2.48. The van der Waals surface area contributed by atoms with Crippen molar-refractivity contribution in [3.05, 3.63) is 65.2 Å². The van der Waals surface area contributed by atoms with Gasteiger partial charge in [-0.3, -0.25) is 4.90 Å². The van der Waals surface area contributed by atoms with Crippen molar-refractivity contribution in [2.75, 3.05) is 64.8 Å². The van der Waals surface area contributed by atoms with Gasteiger partial charge in [0.1, 0.15) is 6.61 Å². The van der Waals surface area contributed by atoms with Gasteiger partial charge in [0.2, 0.25) is 0 Å². The minimum absolute atomic E-state index is 0.142. The Morgan fingerprint density at radius 3 is 2.55 bits per heavy atom. The Balaban J connectivity index is 1.24. The van der Waals surface area contributed by atoms with E-state index in [-0.39, 0.29) is 12.1 Å². The highest BCUT2D eigenvalue weighted by atomic mass is 16.6. The van der Waals surface area contributed by atoms with E-state index < -0.39 is 0 Å². The molecule has 2 atom stereocenters. The molecule has 2 aliphatic heterocycles. The SMILES string of the molecule is CN(C)CCN1CCN(c2ccc3c(c2)[C@@H]2C[C@H]3CCN2C(=O)OCc2ccccc2)CC1. The average molecular weight is 449 g/mol. The Hall–Kier alpha value is -2.57. The van der Waals surface area contributed by atoms with Gasteiger partial charge in [0.25, 0.3) is 0 Å². The Morgan fingerprint density at radius 2 is 1.79 bits per heavy atom. The molecule has 0 spiro atoms. The molecule has 6 nitrogen and oxygen atoms in total. The maximum Gasteiger partial charge on any atom is 0.410 e. The van der Waals surface area contributed by atoms with Crippen LogP contribution in [0.2, 0.25) is 0 Å². The number of anilines is 1. The smallest absolute Gasteiger partial charge is 0.410 e. The number of benzene rings is 2. The fourth-order valence-electron chi connectivity index (χ4n) is 5.55. The Labute approximate surface area is 197 Å². The molecule has 0 radical (unpaired) electrons. The van der Waals surface area contributed by atoms with Crippen LogP contribution in [0.15, 0.2) is 48.5 Å². The van der Waals surface area contributed by atoms with Crippen molar-refractivity contribution in [3.63, 3.8) is 0 Å². The third-order valence-corrected chi connectivity index (χ3v) is 7.51. The molecule has 2 saturated heterocycles. The fraction of sp³-hybridized carbons (Fsp3) is 0.519. The maximum atomic E-state index is 13.0. The predicted octanol–water partition coefficient (Wildman–Crippen LogP) is 3.94. The van der Waals surface area contributed by atoms with Gasteiger partial charge in [0.05, 0.1) is 6.04 Å². The zero-order valence-corrected chi connectivity index (χ0v) is 19.9. The van der Waals surface area contributed by atoms with Crippen LogP contribution in [0.5, 0.6) is 0 Å². The maximum absolute atomic E-state index is 13.0. The Bertz CT molecular complexity index is 956. The molecule has 0 N–H and O–H groups in total. The van der Waals surface area contributed by atoms with Gasteiger partial charge < -0.3 is 19.4 Å². The Morgan fingerprint density at radius 1 is 1.00 bits per heavy atom. The van der Waals surface area contributed by atoms with Crippen LogP contribution in [0, 0.1) is 0 Å². The number of hydrogen-bond acceptors (Lipinski definition) is 5. The number of piperidine rings is 1. The number of piperazine rings is 1. The summed E-state index contributed by atoms with van der Waals surface area (Å²) >= 11 is 0. The molecule has 1 aliphatic carbocycles. The first-order valence-electron chi connectivity index (χ1n) is 12.3. The van der Waals surface area contributed by atoms with E-state index in [0.717, 1.165) is 64.2 Å². The number of ether oxygens (including phenoxy) is 1. The lowest BCUT2D eigenvalue weighted by Gasteiger charge is -2.37. The van der Waals surface area contributed by atoms with Gasteiger partial charge in [0.15, 0.2) is 0 Å². The zero-order valence-electron chi connectivity index (χ0n) is 19.9. The number of carbonyl (C=O) groups excluding carboxylic acids is 1. The normalized spacial score (nSPS) is 22.5. The van der Waals surface area contributed by atoms with E-state index in [1.807, 2.05) is 35.2 Å². The second-order valence-corrected chi connectivity index (χ2v) is 9.92. The fourth-order valence-corrected chi connectivity index (χ4v) is 5.55. The van der Waals surface area contributed by atoms with Gasteiger partial charge in [-0.05, 0) is 61.7 Å². The number of hydrogen-bond donors (Lipinski definition) is 0. The predicted molar refractivity (Wildman–Crippen MR) is 132 cm³/mol. The molecule has 0 unspecified atom stereocenters. The van der Waals surface area contributed by atoms with Crippen molar-refractivity contribution in [1.29, 1.82) is 0 Å². The van der Waals surface area contributed by atoms with E-state index >= 15 is 0 Å². The summed E-state index contributed by atoms with van der Waals surface area (Å²) in [6.45, 7) is 7.68. The molecule has 2 aromatic carbocycles. The van der Waals surface area contributed by atoms with E-state index in [1.54, 1.807) is 0 Å². The molecule has 176 valence electrons. The van der Waals surface area contributed by atoms with Crippen molar-refractivity contribution in [2.45, 2.75) is 31.4 Å². The number of rotatable bonds is 6. The van der Waals surface area contributed by atoms with Crippen molar-refractivity contribution < 1.29 is 9.53 Å². The van der Waals surface area contributed by atoms with Crippen LogP contribution in [0.25, 0.3) is 0 Å². The van der Waals surface area contributed by atoms with Crippen LogP contribution < -0.4 is 4.90 Å². The van der Waals surface area contributed by atoms with Gasteiger partial charge in [-0.15, -0.1) is 0 Å². The summed E-state index contributed by atoms with van der Waals surface area (Å²) in [6, 6.07) is 17.1. The van der Waals surface area contributed by atoms with Gasteiger partial charge in [-0.25, -0.2) is 4.79 Å². The standard InChI is InChI=1S/C27H36N4O2/c1-28(2)12-13-29-14-16-30(17-15-29)23-8-9-24-22-10-11-31(26(18-22)25(24)19-23)27(32)33-20-21-6-4-3-5-7-21/h3-9,19,22,26H,10-18,20H2,1-2H3/t22-,26+/m1/s1. The second-order valence-electron chi connectivity index (χ2n) is 9.92. The van der Waals surface area contributed by atoms with E-state index in [4.69, 9.17) is 4.74 Å². The second kappa shape index (κ2) is 9.74. The molecule has 33 heavy (non-hydrogen) atoms. The van der Waals surface area contributed by atoms with Crippen molar-refractivity contribution in [3.8, 4) is 0 Å². The molecule has 6 heteroatoms. The minimum Gasteiger partial charge on any atom is -0.445 e. The molecule has 1 amide bonds. The van der Waals surface area contributed by atoms with Gasteiger partial charge in [-0.1, -0.05) is 36.4 Å². The summed E-state index contributed by atoms with van der Waals surface area (Å²) in [5, 5.41) is 0. The quantitative estimate of drug-likeness (QED) is 0.669. The van der Waals surface area contributed by atoms with Gasteiger partial charge in [0, 0.05) is 51.5 Å². The topological polar surface area (TPSA) is 39.3 Å². The monoisotopic (exact) mass is 448 g/mol. The molecule has 2 heterocycles. The summed E-state index contributed by atoms with van der Waals surface area (Å²) in [7, 11) is 4.27. The van der Waals surface area contributed by atoms with E-state index in [9.17, 15) is 4.79 Å². The van der Waals surface area contributed by atoms with Gasteiger partial charge >= 0.3 is 6.09 Å². The number of likely N-dealkylation sites (tertiary alicyclic amines) is 1. The molecule has 2 fully saturated rings. The number of fused-ring (bicyclic) bond motifs is 5. The van der Waals surface area contributed by atoms with Crippen LogP contribution in [0.3, 0.4) is 0 Å². The van der Waals surface area contributed by atoms with Crippen molar-refractivity contribution in [1.82, 2.24) is 14.7 Å². The average Bonchev–Trinajstić information content (AvgIpc) is 3.13. The summed E-state index contributed by atoms with van der Waals surface area (Å²) in [5.74, 6) is 0.570. The highest BCUT2D eigenvalue weighted by molar-refractivity contribution is 5.70. The van der Waals surface area contributed by atoms with E-state index in [2.05, 4.69) is 47.0 Å². The first kappa shape index (κ1) is 22.2. The molecule has 2 aromatic rings. The number of amides is 1. The van der Waals surface area contributed by atoms with Crippen LogP contribution in [0.4, 0.5) is 10.5 Å². The highest BCUT2D eigenvalue weighted by Gasteiger charge is 2.41. The lowest BCUT2D eigenvalue weighted by molar-refractivity contribution is 0.0694. The number of nitrogens with zero attached hydrogens (tertiary/aromatic N) is 4. The Kier molecular flexibility index (Phi) is 6.56. The molecular formula is C27H36N4O2. The molecule has 3 aliphatic rings. The largest absolute Gasteiger partial charge is 0.445 e. The molecule has 0 aromatic heterocycles. The summed E-state index contributed by atoms with van der Waals surface area (Å²) in [6.07, 6.45) is 1.86. The van der Waals surface area contributed by atoms with E-state index in [1.165, 1.54) is 16.8 Å². The highest BCUT2D eigenvalue weighted by Crippen LogP contribution is 2.50. The number of carbonyl (C=O) groups is 1. The van der Waals surface area contributed by atoms with Crippen LogP contribution >= 0.6 is 0 Å². The molecular weight excluding hydrogens is 412 g/mol. The summed E-state index contributed by atoms with van der Waals surface area (Å²) in [4.78, 5) is 22.3. The first-order valence-corrected chi connectivity index (χ1v) is 12.3. The molecule has 0 saturated carbocycles. The van der Waals surface area contributed by atoms with Crippen LogP contribution in [-0.2, 0) is 11.3 Å². The summed E-state index contributed by atoms with van der Waals surface area (Å²) in [5.41, 5.74) is 5.10. The molecule has 2 bridgehead atoms. The summed E-state index contributed by atoms with van der Waals surface area (Å²) < 4.78 is 5.70. The van der Waals surface area contributed by atoms with Crippen LogP contribution in [-0.4, -0.2) is 80.7 Å². The third-order valence-electron chi connectivity index (χ3n) is 7.51. The first-order chi connectivity index (χ1) is 16.1. The lowest BCUT2D eigenvalue weighted by atomic mass is 9.96. The van der Waals surface area contributed by atoms with Gasteiger partial charge in [-0.2, -0.15) is 0 Å². The number of likely N-dealkylation sites (N-methyl/N-ethyl adjacent to an activating group) is 1. The third kappa shape index (κ3) is 4.87. The molecule has 5 rings (SSSR count). The zero-order chi connectivity index (χ0) is 22.8. The van der Waals surface area contributed by atoms with Crippen LogP contribution in [0.1, 0.15) is 41.5 Å². The van der Waals surface area contributed by atoms with E-state index in [0.29, 0.717) is 12.5 Å². The van der Waals surface area contributed by atoms with Crippen molar-refractivity contribution >= 4 is 11.8 Å². The minimum atomic E-state index is -0.185.